The topological polar surface area (TPSA) is 86.8 Å². The number of nitrogens with one attached hydrogen (secondary N) is 1. The highest BCUT2D eigenvalue weighted by Gasteiger charge is 2.33. The molecule has 0 aliphatic carbocycles. The van der Waals surface area contributed by atoms with Crippen molar-refractivity contribution < 1.29 is 18.0 Å². The molecule has 0 bridgehead atoms. The minimum Gasteiger partial charge on any atom is -0.350 e. The van der Waals surface area contributed by atoms with Gasteiger partial charge in [0.1, 0.15) is 12.6 Å². The first-order valence-corrected chi connectivity index (χ1v) is 13.8. The maximum absolute atomic E-state index is 13.7. The molecule has 2 rings (SSSR count). The Bertz CT molecular complexity index is 1180. The van der Waals surface area contributed by atoms with Gasteiger partial charge in [-0.15, -0.1) is 0 Å². The summed E-state index contributed by atoms with van der Waals surface area (Å²) in [4.78, 5) is 28.3. The van der Waals surface area contributed by atoms with Crippen molar-refractivity contribution in [2.45, 2.75) is 59.2 Å². The van der Waals surface area contributed by atoms with Gasteiger partial charge in [0, 0.05) is 22.1 Å². The minimum absolute atomic E-state index is 0.0424. The molecule has 1 atom stereocenters. The van der Waals surface area contributed by atoms with Crippen LogP contribution in [0.25, 0.3) is 0 Å². The van der Waals surface area contributed by atoms with Crippen LogP contribution < -0.4 is 9.62 Å². The molecule has 2 aromatic rings. The molecule has 7 nitrogen and oxygen atoms in total. The zero-order valence-corrected chi connectivity index (χ0v) is 23.3. The molecule has 0 saturated heterocycles. The summed E-state index contributed by atoms with van der Waals surface area (Å²) in [6, 6.07) is 11.0. The third-order valence-electron chi connectivity index (χ3n) is 5.30. The first-order chi connectivity index (χ1) is 16.1. The van der Waals surface area contributed by atoms with Crippen LogP contribution in [0.1, 0.15) is 45.2 Å². The summed E-state index contributed by atoms with van der Waals surface area (Å²) >= 11 is 12.5. The number of carbonyl (C=O) groups excluding carboxylic acids is 2. The second kappa shape index (κ2) is 11.6. The summed E-state index contributed by atoms with van der Waals surface area (Å²) in [5.74, 6) is -0.865. The van der Waals surface area contributed by atoms with E-state index in [4.69, 9.17) is 23.2 Å². The first kappa shape index (κ1) is 28.9. The van der Waals surface area contributed by atoms with E-state index in [1.54, 1.807) is 50.2 Å². The van der Waals surface area contributed by atoms with E-state index in [1.807, 2.05) is 20.8 Å². The minimum atomic E-state index is -3.85. The monoisotopic (exact) mass is 541 g/mol. The lowest BCUT2D eigenvalue weighted by molar-refractivity contribution is -0.141. The maximum Gasteiger partial charge on any atom is 0.244 e. The molecule has 0 radical (unpaired) electrons. The van der Waals surface area contributed by atoms with Gasteiger partial charge < -0.3 is 10.2 Å². The van der Waals surface area contributed by atoms with E-state index in [9.17, 15) is 18.0 Å². The molecule has 0 fully saturated rings. The Labute approximate surface area is 218 Å². The molecule has 35 heavy (non-hydrogen) atoms. The molecule has 0 saturated carbocycles. The summed E-state index contributed by atoms with van der Waals surface area (Å²) < 4.78 is 26.5. The highest BCUT2D eigenvalue weighted by Crippen LogP contribution is 2.27. The second-order valence-electron chi connectivity index (χ2n) is 9.48. The Hall–Kier alpha value is -2.29. The van der Waals surface area contributed by atoms with E-state index in [2.05, 4.69) is 5.32 Å². The van der Waals surface area contributed by atoms with E-state index in [0.717, 1.165) is 10.6 Å². The highest BCUT2D eigenvalue weighted by atomic mass is 35.5. The number of nitrogens with zero attached hydrogens (tertiary/aromatic N) is 2. The van der Waals surface area contributed by atoms with Gasteiger partial charge in [-0.3, -0.25) is 13.9 Å². The van der Waals surface area contributed by atoms with E-state index in [0.29, 0.717) is 33.3 Å². The third kappa shape index (κ3) is 8.12. The largest absolute Gasteiger partial charge is 0.350 e. The van der Waals surface area contributed by atoms with Crippen LogP contribution in [0.4, 0.5) is 5.69 Å². The molecule has 0 aliphatic heterocycles. The van der Waals surface area contributed by atoms with Crippen LogP contribution >= 0.6 is 23.2 Å². The van der Waals surface area contributed by atoms with Crippen molar-refractivity contribution in [2.24, 2.45) is 0 Å². The van der Waals surface area contributed by atoms with Crippen LogP contribution in [0.2, 0.25) is 10.0 Å². The number of aryl methyl sites for hydroxylation is 1. The van der Waals surface area contributed by atoms with Crippen molar-refractivity contribution in [1.29, 1.82) is 0 Å². The normalized spacial score (nSPS) is 12.7. The average molecular weight is 543 g/mol. The quantitative estimate of drug-likeness (QED) is 0.494. The van der Waals surface area contributed by atoms with Crippen LogP contribution in [0.5, 0.6) is 0 Å². The number of rotatable bonds is 9. The van der Waals surface area contributed by atoms with Crippen molar-refractivity contribution in [3.8, 4) is 0 Å². The van der Waals surface area contributed by atoms with Crippen molar-refractivity contribution in [1.82, 2.24) is 10.2 Å². The van der Waals surface area contributed by atoms with Gasteiger partial charge >= 0.3 is 0 Å². The third-order valence-corrected chi connectivity index (χ3v) is 7.03. The van der Waals surface area contributed by atoms with Crippen LogP contribution in [0, 0.1) is 6.92 Å². The maximum atomic E-state index is 13.7. The van der Waals surface area contributed by atoms with Gasteiger partial charge in [0.2, 0.25) is 21.8 Å². The fourth-order valence-corrected chi connectivity index (χ4v) is 4.89. The number of hydrogen-bond donors (Lipinski definition) is 1. The lowest BCUT2D eigenvalue weighted by Gasteiger charge is -2.35. The molecular formula is C25H33Cl2N3O4S. The summed E-state index contributed by atoms with van der Waals surface area (Å²) in [7, 11) is -3.85. The van der Waals surface area contributed by atoms with Gasteiger partial charge in [-0.2, -0.15) is 0 Å². The molecular weight excluding hydrogens is 509 g/mol. The molecule has 1 N–H and O–H groups in total. The SMILES string of the molecule is CC[C@H](C(=O)NC(C)(C)C)N(Cc1ccccc1Cl)C(=O)CN(c1cc(Cl)ccc1C)S(C)(=O)=O. The van der Waals surface area contributed by atoms with Gasteiger partial charge in [0.05, 0.1) is 11.9 Å². The van der Waals surface area contributed by atoms with Crippen molar-refractivity contribution in [2.75, 3.05) is 17.1 Å². The van der Waals surface area contributed by atoms with Gasteiger partial charge in [0.25, 0.3) is 0 Å². The Morgan fingerprint density at radius 2 is 1.71 bits per heavy atom. The molecule has 192 valence electrons. The van der Waals surface area contributed by atoms with Gasteiger partial charge in [0.15, 0.2) is 0 Å². The van der Waals surface area contributed by atoms with Crippen molar-refractivity contribution in [3.63, 3.8) is 0 Å². The number of sulfonamides is 1. The van der Waals surface area contributed by atoms with Crippen LogP contribution in [0.15, 0.2) is 42.5 Å². The molecule has 2 amide bonds. The molecule has 2 aromatic carbocycles. The Morgan fingerprint density at radius 1 is 1.09 bits per heavy atom. The molecule has 0 spiro atoms. The summed E-state index contributed by atoms with van der Waals surface area (Å²) in [5.41, 5.74) is 1.08. The second-order valence-corrected chi connectivity index (χ2v) is 12.2. The number of amides is 2. The Morgan fingerprint density at radius 3 is 2.26 bits per heavy atom. The van der Waals surface area contributed by atoms with Gasteiger partial charge in [-0.05, 0) is 63.4 Å². The predicted molar refractivity (Wildman–Crippen MR) is 142 cm³/mol. The number of anilines is 1. The lowest BCUT2D eigenvalue weighted by Crippen LogP contribution is -2.55. The average Bonchev–Trinajstić information content (AvgIpc) is 2.73. The summed E-state index contributed by atoms with van der Waals surface area (Å²) in [6.45, 7) is 8.64. The lowest BCUT2D eigenvalue weighted by atomic mass is 10.1. The zero-order chi connectivity index (χ0) is 26.6. The number of benzene rings is 2. The fraction of sp³-hybridized carbons (Fsp3) is 0.440. The summed E-state index contributed by atoms with van der Waals surface area (Å²) in [6.07, 6.45) is 1.36. The Balaban J connectivity index is 2.52. The van der Waals surface area contributed by atoms with E-state index >= 15 is 0 Å². The molecule has 0 aromatic heterocycles. The van der Waals surface area contributed by atoms with E-state index in [-0.39, 0.29) is 12.5 Å². The first-order valence-electron chi connectivity index (χ1n) is 11.2. The number of carbonyl (C=O) groups is 2. The predicted octanol–water partition coefficient (Wildman–Crippen LogP) is 4.79. The molecule has 0 heterocycles. The van der Waals surface area contributed by atoms with Crippen LogP contribution in [0.3, 0.4) is 0 Å². The standard InChI is InChI=1S/C25H33Cl2N3O4S/c1-7-21(24(32)28-25(3,4)5)29(15-18-10-8-9-11-20(18)27)23(31)16-30(35(6,33)34)22-14-19(26)13-12-17(22)2/h8-14,21H,7,15-16H2,1-6H3,(H,28,32)/t21-/m1/s1. The number of halogens is 2. The van der Waals surface area contributed by atoms with Crippen molar-refractivity contribution in [3.05, 3.63) is 63.6 Å². The molecule has 10 heteroatoms. The van der Waals surface area contributed by atoms with E-state index < -0.39 is 34.1 Å². The molecule has 0 unspecified atom stereocenters. The smallest absolute Gasteiger partial charge is 0.244 e. The van der Waals surface area contributed by atoms with Crippen molar-refractivity contribution >= 4 is 50.7 Å². The Kier molecular flexibility index (Phi) is 9.62. The van der Waals surface area contributed by atoms with Crippen LogP contribution in [-0.2, 0) is 26.2 Å². The highest BCUT2D eigenvalue weighted by molar-refractivity contribution is 7.92. The summed E-state index contributed by atoms with van der Waals surface area (Å²) in [5, 5.41) is 3.71. The van der Waals surface area contributed by atoms with Gasteiger partial charge in [-0.1, -0.05) is 54.4 Å². The van der Waals surface area contributed by atoms with Crippen LogP contribution in [-0.4, -0.2) is 49.5 Å². The fourth-order valence-electron chi connectivity index (χ4n) is 3.63. The number of hydrogen-bond acceptors (Lipinski definition) is 4. The zero-order valence-electron chi connectivity index (χ0n) is 20.9. The van der Waals surface area contributed by atoms with Gasteiger partial charge in [-0.25, -0.2) is 8.42 Å². The molecule has 0 aliphatic rings. The van der Waals surface area contributed by atoms with E-state index in [1.165, 1.54) is 11.0 Å².